The zero-order chi connectivity index (χ0) is 14.4. The van der Waals surface area contributed by atoms with Gasteiger partial charge in [0.2, 0.25) is 0 Å². The van der Waals surface area contributed by atoms with E-state index in [9.17, 15) is 14.7 Å². The lowest BCUT2D eigenvalue weighted by Crippen LogP contribution is -2.30. The first-order chi connectivity index (χ1) is 9.50. The number of anilines is 1. The number of imide groups is 1. The Balaban J connectivity index is 2.17. The zero-order valence-electron chi connectivity index (χ0n) is 11.0. The number of nitrogens with zero attached hydrogens (tertiary/aromatic N) is 2. The average molecular weight is 268 g/mol. The summed E-state index contributed by atoms with van der Waals surface area (Å²) in [6.07, 6.45) is 2.89. The molecule has 0 saturated carbocycles. The van der Waals surface area contributed by atoms with E-state index < -0.39 is 0 Å². The first-order valence-corrected chi connectivity index (χ1v) is 6.13. The number of carbonyl (C=O) groups is 2. The lowest BCUT2D eigenvalue weighted by molar-refractivity contribution is 0.0926. The number of aromatic nitrogens is 1. The number of aromatic hydroxyl groups is 1. The molecular formula is C15H12N2O3. The number of phenolic OH excluding ortho intramolecular Hbond substituents is 1. The number of hydrogen-bond acceptors (Lipinski definition) is 4. The molecule has 0 atom stereocenters. The van der Waals surface area contributed by atoms with Gasteiger partial charge >= 0.3 is 0 Å². The average Bonchev–Trinajstić information content (AvgIpc) is 2.68. The van der Waals surface area contributed by atoms with E-state index in [2.05, 4.69) is 4.98 Å². The molecule has 2 heterocycles. The minimum atomic E-state index is -0.383. The van der Waals surface area contributed by atoms with Crippen LogP contribution in [0.3, 0.4) is 0 Å². The van der Waals surface area contributed by atoms with Crippen LogP contribution in [0.2, 0.25) is 0 Å². The summed E-state index contributed by atoms with van der Waals surface area (Å²) in [4.78, 5) is 29.7. The number of benzene rings is 1. The predicted molar refractivity (Wildman–Crippen MR) is 73.0 cm³/mol. The number of amides is 2. The summed E-state index contributed by atoms with van der Waals surface area (Å²) >= 11 is 0. The summed E-state index contributed by atoms with van der Waals surface area (Å²) in [6.45, 7) is 3.47. The van der Waals surface area contributed by atoms with E-state index in [4.69, 9.17) is 0 Å². The molecule has 1 N–H and O–H groups in total. The molecule has 1 aliphatic rings. The van der Waals surface area contributed by atoms with Gasteiger partial charge in [0.25, 0.3) is 11.8 Å². The van der Waals surface area contributed by atoms with Crippen molar-refractivity contribution in [1.29, 1.82) is 0 Å². The van der Waals surface area contributed by atoms with Crippen LogP contribution in [0.4, 0.5) is 5.69 Å². The van der Waals surface area contributed by atoms with E-state index in [-0.39, 0.29) is 17.6 Å². The first kappa shape index (κ1) is 12.3. The molecule has 0 fully saturated rings. The van der Waals surface area contributed by atoms with Gasteiger partial charge in [0, 0.05) is 12.4 Å². The Morgan fingerprint density at radius 1 is 1.05 bits per heavy atom. The molecular weight excluding hydrogens is 256 g/mol. The molecule has 1 aliphatic heterocycles. The predicted octanol–water partition coefficient (Wildman–Crippen LogP) is 2.20. The standard InChI is InChI=1S/C15H12N2O3/c1-8-6-13(18)9(2)5-12(8)17-14(19)10-3-4-16-7-11(10)15(17)20/h3-7,18H,1-2H3. The van der Waals surface area contributed by atoms with Gasteiger partial charge in [0.05, 0.1) is 16.8 Å². The van der Waals surface area contributed by atoms with E-state index in [0.29, 0.717) is 27.9 Å². The van der Waals surface area contributed by atoms with Gasteiger partial charge in [-0.05, 0) is 43.2 Å². The van der Waals surface area contributed by atoms with Crippen molar-refractivity contribution in [2.45, 2.75) is 13.8 Å². The van der Waals surface area contributed by atoms with Gasteiger partial charge in [-0.15, -0.1) is 0 Å². The highest BCUT2D eigenvalue weighted by atomic mass is 16.3. The van der Waals surface area contributed by atoms with Crippen LogP contribution in [0.5, 0.6) is 5.75 Å². The van der Waals surface area contributed by atoms with Crippen molar-refractivity contribution >= 4 is 17.5 Å². The van der Waals surface area contributed by atoms with Crippen LogP contribution >= 0.6 is 0 Å². The lowest BCUT2D eigenvalue weighted by Gasteiger charge is -2.17. The van der Waals surface area contributed by atoms with Crippen LogP contribution in [0.1, 0.15) is 31.8 Å². The summed E-state index contributed by atoms with van der Waals surface area (Å²) in [5, 5.41) is 9.67. The third kappa shape index (κ3) is 1.60. The van der Waals surface area contributed by atoms with Crippen molar-refractivity contribution in [2.24, 2.45) is 0 Å². The smallest absolute Gasteiger partial charge is 0.267 e. The van der Waals surface area contributed by atoms with Crippen molar-refractivity contribution in [2.75, 3.05) is 4.90 Å². The normalized spacial score (nSPS) is 13.8. The Bertz CT molecular complexity index is 718. The molecule has 100 valence electrons. The van der Waals surface area contributed by atoms with Crippen molar-refractivity contribution in [3.63, 3.8) is 0 Å². The fraction of sp³-hybridized carbons (Fsp3) is 0.133. The van der Waals surface area contributed by atoms with E-state index in [0.717, 1.165) is 4.90 Å². The zero-order valence-corrected chi connectivity index (χ0v) is 11.0. The number of carbonyl (C=O) groups excluding carboxylic acids is 2. The highest BCUT2D eigenvalue weighted by molar-refractivity contribution is 6.34. The van der Waals surface area contributed by atoms with E-state index >= 15 is 0 Å². The number of aryl methyl sites for hydroxylation is 2. The number of fused-ring (bicyclic) bond motifs is 1. The summed E-state index contributed by atoms with van der Waals surface area (Å²) in [5.74, 6) is -0.601. The van der Waals surface area contributed by atoms with Gasteiger partial charge in [-0.3, -0.25) is 14.6 Å². The maximum Gasteiger partial charge on any atom is 0.267 e. The molecule has 5 heteroatoms. The summed E-state index contributed by atoms with van der Waals surface area (Å²) in [6, 6.07) is 4.73. The van der Waals surface area contributed by atoms with Gasteiger partial charge in [-0.2, -0.15) is 0 Å². The number of phenols is 1. The van der Waals surface area contributed by atoms with Crippen molar-refractivity contribution in [3.8, 4) is 5.75 Å². The highest BCUT2D eigenvalue weighted by Crippen LogP contribution is 2.33. The second-order valence-electron chi connectivity index (χ2n) is 4.79. The molecule has 3 rings (SSSR count). The van der Waals surface area contributed by atoms with Crippen LogP contribution in [0, 0.1) is 13.8 Å². The first-order valence-electron chi connectivity index (χ1n) is 6.13. The van der Waals surface area contributed by atoms with Crippen LogP contribution < -0.4 is 4.90 Å². The van der Waals surface area contributed by atoms with Crippen LogP contribution in [0.25, 0.3) is 0 Å². The highest BCUT2D eigenvalue weighted by Gasteiger charge is 2.37. The molecule has 20 heavy (non-hydrogen) atoms. The molecule has 0 unspecified atom stereocenters. The maximum atomic E-state index is 12.4. The Labute approximate surface area is 115 Å². The molecule has 0 saturated heterocycles. The van der Waals surface area contributed by atoms with Gasteiger partial charge in [0.15, 0.2) is 0 Å². The van der Waals surface area contributed by atoms with Gasteiger partial charge < -0.3 is 5.11 Å². The van der Waals surface area contributed by atoms with Gasteiger partial charge in [0.1, 0.15) is 5.75 Å². The second-order valence-corrected chi connectivity index (χ2v) is 4.79. The third-order valence-electron chi connectivity index (χ3n) is 3.44. The number of rotatable bonds is 1. The molecule has 2 aromatic rings. The number of pyridine rings is 1. The molecule has 0 bridgehead atoms. The third-order valence-corrected chi connectivity index (χ3v) is 3.44. The summed E-state index contributed by atoms with van der Waals surface area (Å²) in [7, 11) is 0. The summed E-state index contributed by atoms with van der Waals surface area (Å²) < 4.78 is 0. The van der Waals surface area contributed by atoms with Crippen molar-refractivity contribution < 1.29 is 14.7 Å². The second kappa shape index (κ2) is 4.16. The van der Waals surface area contributed by atoms with Crippen LogP contribution in [0.15, 0.2) is 30.6 Å². The Hall–Kier alpha value is -2.69. The monoisotopic (exact) mass is 268 g/mol. The van der Waals surface area contributed by atoms with Crippen molar-refractivity contribution in [1.82, 2.24) is 4.98 Å². The maximum absolute atomic E-state index is 12.4. The molecule has 0 aliphatic carbocycles. The lowest BCUT2D eigenvalue weighted by atomic mass is 10.1. The van der Waals surface area contributed by atoms with Crippen molar-refractivity contribution in [3.05, 3.63) is 52.8 Å². The fourth-order valence-corrected chi connectivity index (χ4v) is 2.33. The SMILES string of the molecule is Cc1cc(N2C(=O)c3ccncc3C2=O)c(C)cc1O. The molecule has 2 amide bonds. The van der Waals surface area contributed by atoms with E-state index in [1.807, 2.05) is 0 Å². The Kier molecular flexibility index (Phi) is 2.57. The van der Waals surface area contributed by atoms with Gasteiger partial charge in [-0.1, -0.05) is 0 Å². The number of hydrogen-bond donors (Lipinski definition) is 1. The van der Waals surface area contributed by atoms with E-state index in [1.165, 1.54) is 18.5 Å². The minimum Gasteiger partial charge on any atom is -0.508 e. The van der Waals surface area contributed by atoms with Crippen LogP contribution in [-0.2, 0) is 0 Å². The fourth-order valence-electron chi connectivity index (χ4n) is 2.33. The van der Waals surface area contributed by atoms with Crippen LogP contribution in [-0.4, -0.2) is 21.9 Å². The molecule has 5 nitrogen and oxygen atoms in total. The Morgan fingerprint density at radius 2 is 1.75 bits per heavy atom. The molecule has 0 radical (unpaired) electrons. The topological polar surface area (TPSA) is 70.5 Å². The van der Waals surface area contributed by atoms with Gasteiger partial charge in [-0.25, -0.2) is 4.90 Å². The minimum absolute atomic E-state index is 0.143. The molecule has 1 aromatic heterocycles. The summed E-state index contributed by atoms with van der Waals surface area (Å²) in [5.41, 5.74) is 2.43. The largest absolute Gasteiger partial charge is 0.508 e. The van der Waals surface area contributed by atoms with E-state index in [1.54, 1.807) is 26.0 Å². The quantitative estimate of drug-likeness (QED) is 0.805. The molecule has 1 aromatic carbocycles. The molecule has 0 spiro atoms. The Morgan fingerprint density at radius 3 is 2.45 bits per heavy atom.